The predicted octanol–water partition coefficient (Wildman–Crippen LogP) is -1.36. The molecule has 0 aromatic heterocycles. The van der Waals surface area contributed by atoms with Gasteiger partial charge < -0.3 is 19.7 Å². The highest BCUT2D eigenvalue weighted by Gasteiger charge is 2.37. The second kappa shape index (κ2) is 6.84. The first kappa shape index (κ1) is 15.7. The zero-order valence-corrected chi connectivity index (χ0v) is 12.5. The van der Waals surface area contributed by atoms with E-state index in [0.717, 1.165) is 0 Å². The van der Waals surface area contributed by atoms with Crippen molar-refractivity contribution < 1.29 is 22.7 Å². The van der Waals surface area contributed by atoms with Gasteiger partial charge in [0, 0.05) is 26.2 Å². The Bertz CT molecular complexity index is 433. The molecule has 8 heteroatoms. The fourth-order valence-corrected chi connectivity index (χ4v) is 4.34. The second-order valence-corrected chi connectivity index (χ2v) is 7.39. The summed E-state index contributed by atoms with van der Waals surface area (Å²) >= 11 is 0. The molecule has 20 heavy (non-hydrogen) atoms. The van der Waals surface area contributed by atoms with Crippen LogP contribution in [-0.2, 0) is 24.1 Å². The molecule has 2 heterocycles. The van der Waals surface area contributed by atoms with Crippen molar-refractivity contribution in [2.24, 2.45) is 0 Å². The number of hydrogen-bond donors (Lipinski definition) is 1. The lowest BCUT2D eigenvalue weighted by atomic mass is 10.1. The van der Waals surface area contributed by atoms with Gasteiger partial charge in [-0.2, -0.15) is 0 Å². The molecule has 0 radical (unpaired) electrons. The summed E-state index contributed by atoms with van der Waals surface area (Å²) in [7, 11) is -1.45. The van der Waals surface area contributed by atoms with Crippen molar-refractivity contribution in [3.05, 3.63) is 0 Å². The molecule has 2 aliphatic rings. The summed E-state index contributed by atoms with van der Waals surface area (Å²) in [5, 5.41) is 3.11. The lowest BCUT2D eigenvalue weighted by Crippen LogP contribution is -2.56. The summed E-state index contributed by atoms with van der Waals surface area (Å²) in [5.74, 6) is 0.114. The number of carbonyl (C=O) groups is 1. The Hall–Kier alpha value is -0.700. The third-order valence-electron chi connectivity index (χ3n) is 3.69. The number of nitrogens with zero attached hydrogens (tertiary/aromatic N) is 1. The molecule has 0 saturated carbocycles. The first-order chi connectivity index (χ1) is 9.53. The minimum absolute atomic E-state index is 0.0516. The Morgan fingerprint density at radius 3 is 2.85 bits per heavy atom. The summed E-state index contributed by atoms with van der Waals surface area (Å²) in [6.45, 7) is 2.38. The van der Waals surface area contributed by atoms with Gasteiger partial charge >= 0.3 is 0 Å². The van der Waals surface area contributed by atoms with Crippen LogP contribution in [0.4, 0.5) is 0 Å². The minimum atomic E-state index is -3.02. The average Bonchev–Trinajstić information content (AvgIpc) is 2.80. The molecule has 2 aliphatic heterocycles. The van der Waals surface area contributed by atoms with Crippen LogP contribution >= 0.6 is 0 Å². The van der Waals surface area contributed by atoms with E-state index in [9.17, 15) is 13.2 Å². The van der Waals surface area contributed by atoms with E-state index in [1.54, 1.807) is 12.0 Å². The molecule has 1 N–H and O–H groups in total. The van der Waals surface area contributed by atoms with Gasteiger partial charge in [0.25, 0.3) is 0 Å². The largest absolute Gasteiger partial charge is 0.383 e. The number of morpholine rings is 1. The van der Waals surface area contributed by atoms with E-state index >= 15 is 0 Å². The molecule has 1 amide bonds. The lowest BCUT2D eigenvalue weighted by Gasteiger charge is -2.33. The smallest absolute Gasteiger partial charge is 0.242 e. The maximum Gasteiger partial charge on any atom is 0.242 e. The first-order valence-electron chi connectivity index (χ1n) is 6.84. The second-order valence-electron chi connectivity index (χ2n) is 5.16. The molecule has 2 saturated heterocycles. The number of ether oxygens (including phenoxy) is 2. The monoisotopic (exact) mass is 306 g/mol. The van der Waals surface area contributed by atoms with Crippen LogP contribution in [0.15, 0.2) is 0 Å². The summed E-state index contributed by atoms with van der Waals surface area (Å²) in [4.78, 5) is 14.2. The van der Waals surface area contributed by atoms with Crippen molar-refractivity contribution in [3.63, 3.8) is 0 Å². The van der Waals surface area contributed by atoms with E-state index in [0.29, 0.717) is 39.3 Å². The van der Waals surface area contributed by atoms with Crippen molar-refractivity contribution in [3.8, 4) is 0 Å². The van der Waals surface area contributed by atoms with Crippen molar-refractivity contribution in [1.29, 1.82) is 0 Å². The Morgan fingerprint density at radius 2 is 2.30 bits per heavy atom. The van der Waals surface area contributed by atoms with Gasteiger partial charge in [-0.15, -0.1) is 0 Å². The molecular weight excluding hydrogens is 284 g/mol. The number of methoxy groups -OCH3 is 1. The van der Waals surface area contributed by atoms with Crippen LogP contribution in [-0.4, -0.2) is 82.8 Å². The van der Waals surface area contributed by atoms with Crippen LogP contribution in [0.3, 0.4) is 0 Å². The van der Waals surface area contributed by atoms with Gasteiger partial charge in [-0.05, 0) is 6.42 Å². The predicted molar refractivity (Wildman–Crippen MR) is 73.3 cm³/mol. The van der Waals surface area contributed by atoms with Crippen molar-refractivity contribution >= 4 is 15.7 Å². The Labute approximate surface area is 119 Å². The molecule has 116 valence electrons. The van der Waals surface area contributed by atoms with Gasteiger partial charge in [-0.25, -0.2) is 8.42 Å². The van der Waals surface area contributed by atoms with Crippen LogP contribution < -0.4 is 5.32 Å². The third kappa shape index (κ3) is 3.91. The Balaban J connectivity index is 2.04. The number of sulfone groups is 1. The normalized spacial score (nSPS) is 29.2. The van der Waals surface area contributed by atoms with Crippen LogP contribution in [0.2, 0.25) is 0 Å². The summed E-state index contributed by atoms with van der Waals surface area (Å²) in [6.07, 6.45) is 0.505. The van der Waals surface area contributed by atoms with E-state index in [4.69, 9.17) is 9.47 Å². The third-order valence-corrected chi connectivity index (χ3v) is 5.44. The lowest BCUT2D eigenvalue weighted by molar-refractivity contribution is -0.139. The van der Waals surface area contributed by atoms with Gasteiger partial charge in [-0.3, -0.25) is 4.79 Å². The standard InChI is InChI=1S/C12H22N2O5S/c1-18-6-4-14(10-2-7-20(16,17)9-10)12(15)11-8-19-5-3-13-11/h10-11,13H,2-9H2,1H3. The van der Waals surface area contributed by atoms with Crippen LogP contribution in [0.25, 0.3) is 0 Å². The van der Waals surface area contributed by atoms with E-state index in [1.165, 1.54) is 0 Å². The Morgan fingerprint density at radius 1 is 1.50 bits per heavy atom. The number of amides is 1. The van der Waals surface area contributed by atoms with Crippen molar-refractivity contribution in [2.75, 3.05) is 51.5 Å². The molecule has 2 unspecified atom stereocenters. The summed E-state index contributed by atoms with van der Waals surface area (Å²) < 4.78 is 33.5. The number of rotatable bonds is 5. The van der Waals surface area contributed by atoms with E-state index in [-0.39, 0.29) is 29.5 Å². The molecular formula is C12H22N2O5S. The summed E-state index contributed by atoms with van der Waals surface area (Å²) in [5.41, 5.74) is 0. The molecule has 0 aromatic rings. The molecule has 7 nitrogen and oxygen atoms in total. The number of hydrogen-bond acceptors (Lipinski definition) is 6. The average molecular weight is 306 g/mol. The van der Waals surface area contributed by atoms with Gasteiger partial charge in [0.2, 0.25) is 5.91 Å². The molecule has 2 fully saturated rings. The van der Waals surface area contributed by atoms with Crippen molar-refractivity contribution in [1.82, 2.24) is 10.2 Å². The SMILES string of the molecule is COCCN(C(=O)C1COCCN1)C1CCS(=O)(=O)C1. The zero-order chi connectivity index (χ0) is 14.6. The number of carbonyl (C=O) groups excluding carboxylic acids is 1. The maximum atomic E-state index is 12.5. The van der Waals surface area contributed by atoms with E-state index < -0.39 is 9.84 Å². The highest BCUT2D eigenvalue weighted by Crippen LogP contribution is 2.19. The van der Waals surface area contributed by atoms with Gasteiger partial charge in [0.1, 0.15) is 6.04 Å². The molecule has 0 aliphatic carbocycles. The molecule has 0 aromatic carbocycles. The number of nitrogens with one attached hydrogen (secondary N) is 1. The summed E-state index contributed by atoms with van der Waals surface area (Å²) in [6, 6.07) is -0.629. The molecule has 2 atom stereocenters. The topological polar surface area (TPSA) is 84.9 Å². The van der Waals surface area contributed by atoms with Crippen LogP contribution in [0, 0.1) is 0 Å². The zero-order valence-electron chi connectivity index (χ0n) is 11.7. The Kier molecular flexibility index (Phi) is 5.36. The fourth-order valence-electron chi connectivity index (χ4n) is 2.61. The molecule has 0 bridgehead atoms. The maximum absolute atomic E-state index is 12.5. The fraction of sp³-hybridized carbons (Fsp3) is 0.917. The van der Waals surface area contributed by atoms with Crippen LogP contribution in [0.5, 0.6) is 0 Å². The molecule has 0 spiro atoms. The highest BCUT2D eigenvalue weighted by molar-refractivity contribution is 7.91. The quantitative estimate of drug-likeness (QED) is 0.675. The van der Waals surface area contributed by atoms with Gasteiger partial charge in [0.05, 0.1) is 31.3 Å². The highest BCUT2D eigenvalue weighted by atomic mass is 32.2. The van der Waals surface area contributed by atoms with Crippen LogP contribution in [0.1, 0.15) is 6.42 Å². The van der Waals surface area contributed by atoms with E-state index in [1.807, 2.05) is 0 Å². The first-order valence-corrected chi connectivity index (χ1v) is 8.66. The minimum Gasteiger partial charge on any atom is -0.383 e. The van der Waals surface area contributed by atoms with E-state index in [2.05, 4.69) is 5.32 Å². The van der Waals surface area contributed by atoms with Gasteiger partial charge in [-0.1, -0.05) is 0 Å². The van der Waals surface area contributed by atoms with Gasteiger partial charge in [0.15, 0.2) is 9.84 Å². The molecule has 2 rings (SSSR count). The van der Waals surface area contributed by atoms with Crippen molar-refractivity contribution in [2.45, 2.75) is 18.5 Å².